The molecule has 0 saturated carbocycles. The summed E-state index contributed by atoms with van der Waals surface area (Å²) < 4.78 is 0. The second-order valence-electron chi connectivity index (χ2n) is 5.33. The molecule has 2 heterocycles. The van der Waals surface area contributed by atoms with Crippen LogP contribution in [0.5, 0.6) is 0 Å². The second kappa shape index (κ2) is 6.30. The van der Waals surface area contributed by atoms with Gasteiger partial charge in [0.15, 0.2) is 0 Å². The fourth-order valence-corrected chi connectivity index (χ4v) is 2.73. The third kappa shape index (κ3) is 3.42. The monoisotopic (exact) mass is 264 g/mol. The highest BCUT2D eigenvalue weighted by atomic mass is 16.3. The van der Waals surface area contributed by atoms with Crippen LogP contribution in [-0.4, -0.2) is 45.7 Å². The third-order valence-electron chi connectivity index (χ3n) is 3.79. The fraction of sp³-hybridized carbons (Fsp3) is 0.714. The summed E-state index contributed by atoms with van der Waals surface area (Å²) in [6, 6.07) is 2.20. The zero-order valence-corrected chi connectivity index (χ0v) is 12.1. The first kappa shape index (κ1) is 14.2. The van der Waals surface area contributed by atoms with E-state index < -0.39 is 0 Å². The number of rotatable bonds is 5. The van der Waals surface area contributed by atoms with Gasteiger partial charge >= 0.3 is 0 Å². The minimum Gasteiger partial charge on any atom is -0.395 e. The van der Waals surface area contributed by atoms with Crippen LogP contribution in [0.25, 0.3) is 0 Å². The Morgan fingerprint density at radius 3 is 2.95 bits per heavy atom. The molecule has 106 valence electrons. The van der Waals surface area contributed by atoms with Crippen LogP contribution in [0, 0.1) is 12.8 Å². The van der Waals surface area contributed by atoms with Crippen molar-refractivity contribution in [1.29, 1.82) is 0 Å². The molecule has 5 heteroatoms. The standard InChI is InChI=1S/C14H24N4O/c1-4-15-13-7-11(3)16-14(17-13)8-18-6-5-10(2)12(18)9-19/h7,10,12,19H,4-6,8-9H2,1-3H3,(H,15,16,17). The number of hydrogen-bond acceptors (Lipinski definition) is 5. The molecule has 2 atom stereocenters. The van der Waals surface area contributed by atoms with Gasteiger partial charge in [0, 0.05) is 24.3 Å². The molecule has 2 rings (SSSR count). The van der Waals surface area contributed by atoms with Gasteiger partial charge in [-0.3, -0.25) is 4.90 Å². The summed E-state index contributed by atoms with van der Waals surface area (Å²) in [5.74, 6) is 2.27. The largest absolute Gasteiger partial charge is 0.395 e. The van der Waals surface area contributed by atoms with Crippen molar-refractivity contribution >= 4 is 5.82 Å². The van der Waals surface area contributed by atoms with Crippen LogP contribution in [0.2, 0.25) is 0 Å². The van der Waals surface area contributed by atoms with E-state index in [-0.39, 0.29) is 12.6 Å². The number of aromatic nitrogens is 2. The molecule has 5 nitrogen and oxygen atoms in total. The zero-order valence-electron chi connectivity index (χ0n) is 12.1. The smallest absolute Gasteiger partial charge is 0.144 e. The lowest BCUT2D eigenvalue weighted by molar-refractivity contribution is 0.132. The van der Waals surface area contributed by atoms with Crippen molar-refractivity contribution in [2.75, 3.05) is 25.0 Å². The van der Waals surface area contributed by atoms with Crippen molar-refractivity contribution in [2.45, 2.75) is 39.8 Å². The van der Waals surface area contributed by atoms with E-state index in [1.54, 1.807) is 0 Å². The molecule has 0 spiro atoms. The maximum atomic E-state index is 9.48. The number of aryl methyl sites for hydroxylation is 1. The van der Waals surface area contributed by atoms with E-state index in [2.05, 4.69) is 34.0 Å². The number of nitrogens with one attached hydrogen (secondary N) is 1. The summed E-state index contributed by atoms with van der Waals surface area (Å²) in [5.41, 5.74) is 0.980. The molecular weight excluding hydrogens is 240 g/mol. The van der Waals surface area contributed by atoms with E-state index in [0.29, 0.717) is 5.92 Å². The predicted molar refractivity (Wildman–Crippen MR) is 76.0 cm³/mol. The number of anilines is 1. The first-order chi connectivity index (χ1) is 9.13. The van der Waals surface area contributed by atoms with E-state index in [0.717, 1.165) is 43.4 Å². The Hall–Kier alpha value is -1.20. The number of likely N-dealkylation sites (tertiary alicyclic amines) is 1. The number of hydrogen-bond donors (Lipinski definition) is 2. The van der Waals surface area contributed by atoms with E-state index in [4.69, 9.17) is 0 Å². The third-order valence-corrected chi connectivity index (χ3v) is 3.79. The molecule has 1 aromatic heterocycles. The van der Waals surface area contributed by atoms with Crippen molar-refractivity contribution < 1.29 is 5.11 Å². The van der Waals surface area contributed by atoms with E-state index >= 15 is 0 Å². The molecule has 1 saturated heterocycles. The van der Waals surface area contributed by atoms with E-state index in [1.165, 1.54) is 0 Å². The van der Waals surface area contributed by atoms with Crippen molar-refractivity contribution in [1.82, 2.24) is 14.9 Å². The molecule has 0 aromatic carbocycles. The van der Waals surface area contributed by atoms with Crippen LogP contribution in [0.4, 0.5) is 5.82 Å². The van der Waals surface area contributed by atoms with Gasteiger partial charge in [0.1, 0.15) is 11.6 Å². The van der Waals surface area contributed by atoms with Crippen LogP contribution in [-0.2, 0) is 6.54 Å². The number of aliphatic hydroxyl groups excluding tert-OH is 1. The van der Waals surface area contributed by atoms with Gasteiger partial charge in [0.05, 0.1) is 13.2 Å². The Labute approximate surface area is 115 Å². The van der Waals surface area contributed by atoms with Gasteiger partial charge < -0.3 is 10.4 Å². The Morgan fingerprint density at radius 2 is 2.26 bits per heavy atom. The van der Waals surface area contributed by atoms with E-state index in [1.807, 2.05) is 13.0 Å². The highest BCUT2D eigenvalue weighted by Gasteiger charge is 2.30. The van der Waals surface area contributed by atoms with Gasteiger partial charge in [-0.25, -0.2) is 9.97 Å². The minimum atomic E-state index is 0.215. The summed E-state index contributed by atoms with van der Waals surface area (Å²) in [7, 11) is 0. The summed E-state index contributed by atoms with van der Waals surface area (Å²) in [5, 5.41) is 12.7. The zero-order chi connectivity index (χ0) is 13.8. The SMILES string of the molecule is CCNc1cc(C)nc(CN2CCC(C)C2CO)n1. The number of nitrogens with zero attached hydrogens (tertiary/aromatic N) is 3. The molecule has 0 radical (unpaired) electrons. The van der Waals surface area contributed by atoms with Gasteiger partial charge in [-0.1, -0.05) is 6.92 Å². The van der Waals surface area contributed by atoms with Crippen molar-refractivity contribution in [2.24, 2.45) is 5.92 Å². The molecule has 19 heavy (non-hydrogen) atoms. The maximum Gasteiger partial charge on any atom is 0.144 e. The summed E-state index contributed by atoms with van der Waals surface area (Å²) in [4.78, 5) is 11.3. The maximum absolute atomic E-state index is 9.48. The Kier molecular flexibility index (Phi) is 4.71. The highest BCUT2D eigenvalue weighted by molar-refractivity contribution is 5.35. The van der Waals surface area contributed by atoms with Crippen LogP contribution in [0.15, 0.2) is 6.07 Å². The average molecular weight is 264 g/mol. The van der Waals surface area contributed by atoms with Crippen molar-refractivity contribution in [3.8, 4) is 0 Å². The molecule has 1 aromatic rings. The lowest BCUT2D eigenvalue weighted by Gasteiger charge is -2.24. The molecule has 1 aliphatic heterocycles. The van der Waals surface area contributed by atoms with Crippen LogP contribution in [0.1, 0.15) is 31.8 Å². The molecule has 1 fully saturated rings. The van der Waals surface area contributed by atoms with Gasteiger partial charge in [0.25, 0.3) is 0 Å². The van der Waals surface area contributed by atoms with Crippen LogP contribution in [0.3, 0.4) is 0 Å². The quantitative estimate of drug-likeness (QED) is 0.842. The topological polar surface area (TPSA) is 61.3 Å². The predicted octanol–water partition coefficient (Wildman–Crippen LogP) is 1.42. The second-order valence-corrected chi connectivity index (χ2v) is 5.33. The van der Waals surface area contributed by atoms with Gasteiger partial charge in [-0.05, 0) is 32.7 Å². The summed E-state index contributed by atoms with van der Waals surface area (Å²) in [6.45, 7) is 9.05. The Morgan fingerprint density at radius 1 is 1.47 bits per heavy atom. The Balaban J connectivity index is 2.10. The summed E-state index contributed by atoms with van der Waals surface area (Å²) >= 11 is 0. The van der Waals surface area contributed by atoms with Crippen LogP contribution < -0.4 is 5.32 Å². The lowest BCUT2D eigenvalue weighted by atomic mass is 10.0. The first-order valence-corrected chi connectivity index (χ1v) is 7.07. The van der Waals surface area contributed by atoms with Crippen LogP contribution >= 0.6 is 0 Å². The van der Waals surface area contributed by atoms with Crippen molar-refractivity contribution in [3.63, 3.8) is 0 Å². The van der Waals surface area contributed by atoms with Gasteiger partial charge in [0.2, 0.25) is 0 Å². The van der Waals surface area contributed by atoms with E-state index in [9.17, 15) is 5.11 Å². The van der Waals surface area contributed by atoms with Gasteiger partial charge in [-0.2, -0.15) is 0 Å². The molecule has 2 unspecified atom stereocenters. The van der Waals surface area contributed by atoms with Crippen molar-refractivity contribution in [3.05, 3.63) is 17.6 Å². The normalized spacial score (nSPS) is 23.8. The first-order valence-electron chi connectivity index (χ1n) is 7.07. The molecule has 0 aliphatic carbocycles. The molecule has 2 N–H and O–H groups in total. The lowest BCUT2D eigenvalue weighted by Crippen LogP contribution is -2.35. The molecule has 0 bridgehead atoms. The Bertz CT molecular complexity index is 424. The average Bonchev–Trinajstić information content (AvgIpc) is 2.69. The molecular formula is C14H24N4O. The molecule has 1 aliphatic rings. The molecule has 0 amide bonds. The fourth-order valence-electron chi connectivity index (χ4n) is 2.73. The minimum absolute atomic E-state index is 0.215. The highest BCUT2D eigenvalue weighted by Crippen LogP contribution is 2.24. The summed E-state index contributed by atoms with van der Waals surface area (Å²) in [6.07, 6.45) is 1.14. The number of aliphatic hydroxyl groups is 1. The van der Waals surface area contributed by atoms with Gasteiger partial charge in [-0.15, -0.1) is 0 Å².